The fourth-order valence-electron chi connectivity index (χ4n) is 1.62. The lowest BCUT2D eigenvalue weighted by Gasteiger charge is -2.17. The van der Waals surface area contributed by atoms with Gasteiger partial charge in [0, 0.05) is 0 Å². The molecular weight excluding hydrogens is 272 g/mol. The molecule has 0 radical (unpaired) electrons. The molecule has 19 heavy (non-hydrogen) atoms. The number of aliphatic hydroxyl groups is 1. The summed E-state index contributed by atoms with van der Waals surface area (Å²) in [4.78, 5) is -0.0352. The average Bonchev–Trinajstić information content (AvgIpc) is 2.54. The first-order valence-corrected chi connectivity index (χ1v) is 7.25. The van der Waals surface area contributed by atoms with Crippen LogP contribution in [-0.4, -0.2) is 39.3 Å². The Morgan fingerprint density at radius 2 is 2.05 bits per heavy atom. The van der Waals surface area contributed by atoms with Crippen LogP contribution in [0.2, 0.25) is 0 Å². The monoisotopic (exact) mass is 288 g/mol. The summed E-state index contributed by atoms with van der Waals surface area (Å²) in [7, 11) is -3.83. The number of hydrogen-bond acceptors (Lipinski definition) is 6. The fourth-order valence-corrected chi connectivity index (χ4v) is 2.78. The maximum absolute atomic E-state index is 12.1. The van der Waals surface area contributed by atoms with Crippen molar-refractivity contribution in [2.75, 3.05) is 18.9 Å². The average molecular weight is 288 g/mol. The van der Waals surface area contributed by atoms with Crippen molar-refractivity contribution < 1.29 is 23.0 Å². The zero-order valence-electron chi connectivity index (χ0n) is 10.2. The summed E-state index contributed by atoms with van der Waals surface area (Å²) in [6, 6.07) is 6.10. The van der Waals surface area contributed by atoms with Crippen LogP contribution in [0, 0.1) is 0 Å². The molecule has 106 valence electrons. The third-order valence-electron chi connectivity index (χ3n) is 2.62. The van der Waals surface area contributed by atoms with Gasteiger partial charge in [-0.05, 0) is 18.6 Å². The Morgan fingerprint density at radius 1 is 1.32 bits per heavy atom. The molecule has 1 fully saturated rings. The normalized spacial score (nSPS) is 24.9. The molecule has 7 nitrogen and oxygen atoms in total. The molecule has 2 atom stereocenters. The summed E-state index contributed by atoms with van der Waals surface area (Å²) in [5, 5.41) is 9.36. The SMILES string of the molecule is Nc1ccccc1S(=O)(=O)N[C@@H]1OCC[C@@H](O)CO1. The molecule has 1 aliphatic heterocycles. The van der Waals surface area contributed by atoms with Crippen molar-refractivity contribution in [2.45, 2.75) is 23.8 Å². The van der Waals surface area contributed by atoms with E-state index in [1.54, 1.807) is 12.1 Å². The van der Waals surface area contributed by atoms with Crippen molar-refractivity contribution >= 4 is 15.7 Å². The zero-order chi connectivity index (χ0) is 13.9. The predicted octanol–water partition coefficient (Wildman–Crippen LogP) is -0.372. The molecule has 0 bridgehead atoms. The molecule has 2 rings (SSSR count). The number of nitrogen functional groups attached to an aromatic ring is 1. The van der Waals surface area contributed by atoms with Gasteiger partial charge in [0.1, 0.15) is 4.90 Å². The van der Waals surface area contributed by atoms with Crippen molar-refractivity contribution in [2.24, 2.45) is 0 Å². The number of ether oxygens (including phenoxy) is 2. The minimum atomic E-state index is -3.83. The van der Waals surface area contributed by atoms with Gasteiger partial charge in [-0.3, -0.25) is 0 Å². The summed E-state index contributed by atoms with van der Waals surface area (Å²) in [6.45, 7) is 0.218. The molecule has 1 aromatic carbocycles. The second-order valence-electron chi connectivity index (χ2n) is 4.14. The zero-order valence-corrected chi connectivity index (χ0v) is 11.0. The van der Waals surface area contributed by atoms with E-state index in [1.165, 1.54) is 12.1 Å². The first kappa shape index (κ1) is 14.2. The fraction of sp³-hybridized carbons (Fsp3) is 0.455. The van der Waals surface area contributed by atoms with Gasteiger partial charge >= 0.3 is 0 Å². The molecule has 4 N–H and O–H groups in total. The van der Waals surface area contributed by atoms with Gasteiger partial charge in [-0.25, -0.2) is 8.42 Å². The molecule has 0 aromatic heterocycles. The smallest absolute Gasteiger partial charge is 0.246 e. The van der Waals surface area contributed by atoms with E-state index >= 15 is 0 Å². The van der Waals surface area contributed by atoms with Gasteiger partial charge < -0.3 is 20.3 Å². The molecule has 0 spiro atoms. The van der Waals surface area contributed by atoms with E-state index in [0.717, 1.165) is 0 Å². The van der Waals surface area contributed by atoms with Crippen LogP contribution in [0.1, 0.15) is 6.42 Å². The van der Waals surface area contributed by atoms with E-state index in [9.17, 15) is 13.5 Å². The number of benzene rings is 1. The number of nitrogens with one attached hydrogen (secondary N) is 1. The number of sulfonamides is 1. The topological polar surface area (TPSA) is 111 Å². The van der Waals surface area contributed by atoms with E-state index in [1.807, 2.05) is 0 Å². The molecule has 0 unspecified atom stereocenters. The minimum Gasteiger partial charge on any atom is -0.398 e. The maximum atomic E-state index is 12.1. The highest BCUT2D eigenvalue weighted by atomic mass is 32.2. The van der Waals surface area contributed by atoms with E-state index < -0.39 is 22.5 Å². The molecule has 1 saturated heterocycles. The lowest BCUT2D eigenvalue weighted by atomic mass is 10.3. The van der Waals surface area contributed by atoms with Crippen LogP contribution in [0.5, 0.6) is 0 Å². The maximum Gasteiger partial charge on any atom is 0.246 e. The minimum absolute atomic E-state index is 0.0114. The van der Waals surface area contributed by atoms with Gasteiger partial charge in [0.2, 0.25) is 16.4 Å². The van der Waals surface area contributed by atoms with Crippen LogP contribution in [-0.2, 0) is 19.5 Å². The second-order valence-corrected chi connectivity index (χ2v) is 5.82. The quantitative estimate of drug-likeness (QED) is 0.654. The molecule has 8 heteroatoms. The van der Waals surface area contributed by atoms with Crippen LogP contribution in [0.25, 0.3) is 0 Å². The second kappa shape index (κ2) is 5.85. The lowest BCUT2D eigenvalue weighted by molar-refractivity contribution is -0.137. The first-order chi connectivity index (χ1) is 8.99. The third-order valence-corrected chi connectivity index (χ3v) is 4.07. The molecule has 0 aliphatic carbocycles. The highest BCUT2D eigenvalue weighted by Crippen LogP contribution is 2.18. The largest absolute Gasteiger partial charge is 0.398 e. The summed E-state index contributed by atoms with van der Waals surface area (Å²) in [5.41, 5.74) is 5.77. The number of para-hydroxylation sites is 1. The Bertz CT molecular complexity index is 534. The van der Waals surface area contributed by atoms with Gasteiger partial charge in [-0.2, -0.15) is 4.72 Å². The summed E-state index contributed by atoms with van der Waals surface area (Å²) >= 11 is 0. The highest BCUT2D eigenvalue weighted by molar-refractivity contribution is 7.89. The summed E-state index contributed by atoms with van der Waals surface area (Å²) in [5.74, 6) is 0. The van der Waals surface area contributed by atoms with E-state index in [4.69, 9.17) is 15.2 Å². The van der Waals surface area contributed by atoms with Crippen molar-refractivity contribution in [3.63, 3.8) is 0 Å². The van der Waals surface area contributed by atoms with Gasteiger partial charge in [-0.15, -0.1) is 0 Å². The summed E-state index contributed by atoms with van der Waals surface area (Å²) < 4.78 is 36.7. The van der Waals surface area contributed by atoms with Gasteiger partial charge in [-0.1, -0.05) is 12.1 Å². The van der Waals surface area contributed by atoms with E-state index in [-0.39, 0.29) is 23.8 Å². The predicted molar refractivity (Wildman–Crippen MR) is 67.5 cm³/mol. The molecule has 0 saturated carbocycles. The summed E-state index contributed by atoms with van der Waals surface area (Å²) in [6.07, 6.45) is -1.39. The number of rotatable bonds is 3. The molecular formula is C11H16N2O5S. The van der Waals surface area contributed by atoms with E-state index in [0.29, 0.717) is 6.42 Å². The standard InChI is InChI=1S/C11H16N2O5S/c12-9-3-1-2-4-10(9)19(15,16)13-11-17-6-5-8(14)7-18-11/h1-4,8,11,13-14H,5-7,12H2/t8-,11-/m1/s1. The Kier molecular flexibility index (Phi) is 4.38. The van der Waals surface area contributed by atoms with Crippen LogP contribution < -0.4 is 10.5 Å². The molecule has 1 aromatic rings. The Morgan fingerprint density at radius 3 is 2.79 bits per heavy atom. The van der Waals surface area contributed by atoms with Crippen molar-refractivity contribution in [1.29, 1.82) is 0 Å². The highest BCUT2D eigenvalue weighted by Gasteiger charge is 2.25. The van der Waals surface area contributed by atoms with Gasteiger partial charge in [0.05, 0.1) is 25.0 Å². The van der Waals surface area contributed by atoms with Crippen LogP contribution in [0.3, 0.4) is 0 Å². The van der Waals surface area contributed by atoms with Crippen molar-refractivity contribution in [3.05, 3.63) is 24.3 Å². The lowest BCUT2D eigenvalue weighted by Crippen LogP contribution is -2.39. The molecule has 0 amide bonds. The van der Waals surface area contributed by atoms with Gasteiger partial charge in [0.25, 0.3) is 0 Å². The van der Waals surface area contributed by atoms with Crippen LogP contribution in [0.4, 0.5) is 5.69 Å². The van der Waals surface area contributed by atoms with E-state index in [2.05, 4.69) is 4.72 Å². The van der Waals surface area contributed by atoms with Gasteiger partial charge in [0.15, 0.2) is 0 Å². The number of hydrogen-bond donors (Lipinski definition) is 3. The molecule has 1 heterocycles. The van der Waals surface area contributed by atoms with Crippen molar-refractivity contribution in [3.8, 4) is 0 Å². The molecule has 1 aliphatic rings. The van der Waals surface area contributed by atoms with Crippen LogP contribution >= 0.6 is 0 Å². The Balaban J connectivity index is 2.11. The third kappa shape index (κ3) is 3.64. The Hall–Kier alpha value is -1.19. The van der Waals surface area contributed by atoms with Crippen LogP contribution in [0.15, 0.2) is 29.2 Å². The Labute approximate surface area is 111 Å². The number of anilines is 1. The number of nitrogens with two attached hydrogens (primary N) is 1. The first-order valence-electron chi connectivity index (χ1n) is 5.77. The van der Waals surface area contributed by atoms with Crippen molar-refractivity contribution in [1.82, 2.24) is 4.72 Å². The number of aliphatic hydroxyl groups excluding tert-OH is 1.